The normalized spacial score (nSPS) is 14.6. The molecule has 1 fully saturated rings. The molecule has 0 spiro atoms. The Morgan fingerprint density at radius 1 is 0.923 bits per heavy atom. The van der Waals surface area contributed by atoms with E-state index in [-0.39, 0.29) is 0 Å². The van der Waals surface area contributed by atoms with Crippen molar-refractivity contribution >= 4 is 22.4 Å². The van der Waals surface area contributed by atoms with Gasteiger partial charge in [-0.3, -0.25) is 0 Å². The number of nitrogens with zero attached hydrogens (tertiary/aromatic N) is 5. The largest absolute Gasteiger partial charge is 0.362 e. The summed E-state index contributed by atoms with van der Waals surface area (Å²) in [5.74, 6) is 2.83. The van der Waals surface area contributed by atoms with Crippen molar-refractivity contribution < 1.29 is 0 Å². The Labute approximate surface area is 237 Å². The molecule has 0 bridgehead atoms. The Morgan fingerprint density at radius 3 is 2.21 bits per heavy atom. The van der Waals surface area contributed by atoms with Gasteiger partial charge < -0.3 is 4.90 Å². The first-order valence-corrected chi connectivity index (χ1v) is 14.8. The van der Waals surface area contributed by atoms with Gasteiger partial charge in [0, 0.05) is 37.3 Å². The van der Waals surface area contributed by atoms with Gasteiger partial charge in [0.2, 0.25) is 0 Å². The van der Waals surface area contributed by atoms with Crippen molar-refractivity contribution in [3.05, 3.63) is 77.4 Å². The van der Waals surface area contributed by atoms with Gasteiger partial charge in [0.15, 0.2) is 0 Å². The van der Waals surface area contributed by atoms with Crippen LogP contribution < -0.4 is 4.90 Å². The van der Waals surface area contributed by atoms with Gasteiger partial charge in [0.1, 0.15) is 11.6 Å². The SMILES string of the molecule is CC.CC1CCCCC1.CCc1c(C)nn(C2=CC=CC=CC2)c1C.Cc1nc(N(C)C)c2ccccc2n1. The van der Waals surface area contributed by atoms with Crippen LogP contribution in [0.3, 0.4) is 0 Å². The molecule has 0 unspecified atom stereocenters. The lowest BCUT2D eigenvalue weighted by Crippen LogP contribution is -2.12. The van der Waals surface area contributed by atoms with Crippen LogP contribution in [0, 0.1) is 26.7 Å². The number of rotatable bonds is 3. The summed E-state index contributed by atoms with van der Waals surface area (Å²) >= 11 is 0. The zero-order valence-electron chi connectivity index (χ0n) is 26.0. The first kappa shape index (κ1) is 32.0. The molecule has 2 aliphatic carbocycles. The molecule has 5 nitrogen and oxygen atoms in total. The minimum Gasteiger partial charge on any atom is -0.362 e. The highest BCUT2D eigenvalue weighted by Gasteiger charge is 2.12. The highest BCUT2D eigenvalue weighted by Crippen LogP contribution is 2.23. The number of para-hydroxylation sites is 1. The molecule has 1 aromatic carbocycles. The number of hydrogen-bond acceptors (Lipinski definition) is 4. The molecule has 0 N–H and O–H groups in total. The summed E-state index contributed by atoms with van der Waals surface area (Å²) in [6.07, 6.45) is 19.9. The summed E-state index contributed by atoms with van der Waals surface area (Å²) in [6, 6.07) is 8.06. The predicted octanol–water partition coefficient (Wildman–Crippen LogP) is 9.04. The first-order valence-electron chi connectivity index (χ1n) is 14.8. The number of allylic oxidation sites excluding steroid dienone is 6. The molecule has 1 saturated carbocycles. The number of aromatic nitrogens is 4. The van der Waals surface area contributed by atoms with Crippen molar-refractivity contribution in [1.29, 1.82) is 0 Å². The van der Waals surface area contributed by atoms with Gasteiger partial charge in [-0.2, -0.15) is 5.10 Å². The molecular formula is C34H51N5. The Bertz CT molecular complexity index is 1240. The molecule has 0 amide bonds. The lowest BCUT2D eigenvalue weighted by atomic mass is 9.91. The summed E-state index contributed by atoms with van der Waals surface area (Å²) < 4.78 is 2.08. The summed E-state index contributed by atoms with van der Waals surface area (Å²) in [4.78, 5) is 10.8. The van der Waals surface area contributed by atoms with E-state index in [0.29, 0.717) is 0 Å². The van der Waals surface area contributed by atoms with E-state index in [1.54, 1.807) is 0 Å². The summed E-state index contributed by atoms with van der Waals surface area (Å²) in [5, 5.41) is 5.73. The second-order valence-corrected chi connectivity index (χ2v) is 10.3. The average Bonchev–Trinajstić information content (AvgIpc) is 3.09. The second kappa shape index (κ2) is 16.7. The number of anilines is 1. The summed E-state index contributed by atoms with van der Waals surface area (Å²) in [7, 11) is 3.99. The van der Waals surface area contributed by atoms with Gasteiger partial charge in [-0.1, -0.05) is 96.2 Å². The van der Waals surface area contributed by atoms with Gasteiger partial charge in [0.05, 0.1) is 11.2 Å². The molecule has 5 heteroatoms. The van der Waals surface area contributed by atoms with E-state index in [4.69, 9.17) is 0 Å². The van der Waals surface area contributed by atoms with Crippen molar-refractivity contribution in [1.82, 2.24) is 19.7 Å². The molecule has 2 aliphatic rings. The Morgan fingerprint density at radius 2 is 1.62 bits per heavy atom. The van der Waals surface area contributed by atoms with E-state index in [1.165, 1.54) is 49.1 Å². The molecule has 39 heavy (non-hydrogen) atoms. The van der Waals surface area contributed by atoms with E-state index < -0.39 is 0 Å². The topological polar surface area (TPSA) is 46.8 Å². The van der Waals surface area contributed by atoms with E-state index in [2.05, 4.69) is 77.8 Å². The van der Waals surface area contributed by atoms with Crippen LogP contribution in [-0.4, -0.2) is 33.8 Å². The summed E-state index contributed by atoms with van der Waals surface area (Å²) in [5.41, 5.74) is 6.04. The van der Waals surface area contributed by atoms with Gasteiger partial charge in [-0.15, -0.1) is 0 Å². The van der Waals surface area contributed by atoms with Crippen LogP contribution >= 0.6 is 0 Å². The van der Waals surface area contributed by atoms with Gasteiger partial charge in [-0.05, 0) is 56.9 Å². The summed E-state index contributed by atoms with van der Waals surface area (Å²) in [6.45, 7) is 14.7. The fourth-order valence-electron chi connectivity index (χ4n) is 5.01. The van der Waals surface area contributed by atoms with E-state index >= 15 is 0 Å². The minimum atomic E-state index is 0.812. The molecule has 0 aliphatic heterocycles. The van der Waals surface area contributed by atoms with Crippen LogP contribution in [0.2, 0.25) is 0 Å². The van der Waals surface area contributed by atoms with Crippen LogP contribution in [-0.2, 0) is 6.42 Å². The molecule has 2 heterocycles. The lowest BCUT2D eigenvalue weighted by Gasteiger charge is -2.15. The maximum absolute atomic E-state index is 4.63. The zero-order valence-corrected chi connectivity index (χ0v) is 26.0. The number of hydrogen-bond donors (Lipinski definition) is 0. The third kappa shape index (κ3) is 9.49. The number of benzene rings is 1. The first-order chi connectivity index (χ1) is 18.8. The van der Waals surface area contributed by atoms with Gasteiger partial charge in [0.25, 0.3) is 0 Å². The van der Waals surface area contributed by atoms with Crippen molar-refractivity contribution in [3.63, 3.8) is 0 Å². The Balaban J connectivity index is 0.000000211. The fraction of sp³-hybridized carbons (Fsp3) is 0.500. The molecule has 2 aromatic heterocycles. The number of aryl methyl sites for hydroxylation is 2. The van der Waals surface area contributed by atoms with Crippen molar-refractivity contribution in [2.75, 3.05) is 19.0 Å². The Hall–Kier alpha value is -3.21. The zero-order chi connectivity index (χ0) is 28.8. The molecular weight excluding hydrogens is 478 g/mol. The predicted molar refractivity (Wildman–Crippen MR) is 170 cm³/mol. The highest BCUT2D eigenvalue weighted by atomic mass is 15.3. The maximum Gasteiger partial charge on any atom is 0.139 e. The van der Waals surface area contributed by atoms with Crippen molar-refractivity contribution in [2.24, 2.45) is 5.92 Å². The molecule has 5 rings (SSSR count). The number of fused-ring (bicyclic) bond motifs is 1. The molecule has 212 valence electrons. The van der Waals surface area contributed by atoms with E-state index in [1.807, 2.05) is 64.0 Å². The van der Waals surface area contributed by atoms with E-state index in [0.717, 1.165) is 47.0 Å². The van der Waals surface area contributed by atoms with Gasteiger partial charge in [-0.25, -0.2) is 14.6 Å². The quantitative estimate of drug-likeness (QED) is 0.339. The highest BCUT2D eigenvalue weighted by molar-refractivity contribution is 5.89. The molecule has 0 atom stereocenters. The van der Waals surface area contributed by atoms with Gasteiger partial charge >= 0.3 is 0 Å². The van der Waals surface area contributed by atoms with Crippen LogP contribution in [0.4, 0.5) is 5.82 Å². The van der Waals surface area contributed by atoms with Crippen molar-refractivity contribution in [3.8, 4) is 0 Å². The third-order valence-corrected chi connectivity index (χ3v) is 7.05. The van der Waals surface area contributed by atoms with Crippen LogP contribution in [0.5, 0.6) is 0 Å². The standard InChI is InChI=1S/C14H18N2.C11H13N3.C7H14.C2H6/c1-4-14-11(2)15-16(12(14)3)13-9-7-5-6-8-10-13;1-8-12-10-7-5-4-6-9(10)11(13-8)14(2)3;1-7-5-3-2-4-6-7;1-2/h5-9H,4,10H2,1-3H3;4-7H,1-3H3;7H,2-6H2,1H3;1-2H3. The minimum absolute atomic E-state index is 0.812. The molecule has 0 saturated heterocycles. The lowest BCUT2D eigenvalue weighted by molar-refractivity contribution is 0.385. The van der Waals surface area contributed by atoms with Crippen LogP contribution in [0.1, 0.15) is 89.0 Å². The maximum atomic E-state index is 4.63. The molecule has 3 aromatic rings. The third-order valence-electron chi connectivity index (χ3n) is 7.05. The smallest absolute Gasteiger partial charge is 0.139 e. The fourth-order valence-corrected chi connectivity index (χ4v) is 5.01. The molecule has 0 radical (unpaired) electrons. The van der Waals surface area contributed by atoms with Crippen LogP contribution in [0.25, 0.3) is 16.6 Å². The second-order valence-electron chi connectivity index (χ2n) is 10.3. The Kier molecular flexibility index (Phi) is 13.7. The van der Waals surface area contributed by atoms with Crippen LogP contribution in [0.15, 0.2) is 54.6 Å². The van der Waals surface area contributed by atoms with E-state index in [9.17, 15) is 0 Å². The average molecular weight is 530 g/mol. The van der Waals surface area contributed by atoms with Crippen molar-refractivity contribution in [2.45, 2.75) is 93.4 Å². The monoisotopic (exact) mass is 529 g/mol.